The molecule has 1 aromatic rings. The highest BCUT2D eigenvalue weighted by Crippen LogP contribution is 2.16. The summed E-state index contributed by atoms with van der Waals surface area (Å²) in [5.74, 6) is 0.645. The smallest absolute Gasteiger partial charge is 0.257 e. The first kappa shape index (κ1) is 16.4. The zero-order valence-electron chi connectivity index (χ0n) is 12.8. The molecule has 1 N–H and O–H groups in total. The molecule has 1 aromatic heterocycles. The van der Waals surface area contributed by atoms with Crippen LogP contribution in [0.1, 0.15) is 37.6 Å². The lowest BCUT2D eigenvalue weighted by atomic mass is 10.1. The van der Waals surface area contributed by atoms with Gasteiger partial charge in [-0.2, -0.15) is 0 Å². The predicted molar refractivity (Wildman–Crippen MR) is 81.1 cm³/mol. The number of nitrogens with one attached hydrogen (secondary N) is 1. The molecule has 0 radical (unpaired) electrons. The number of hydrogen-bond acceptors (Lipinski definition) is 4. The molecular formula is C15H25N3O2. The van der Waals surface area contributed by atoms with E-state index >= 15 is 0 Å². The van der Waals surface area contributed by atoms with E-state index in [1.807, 2.05) is 17.9 Å². The highest BCUT2D eigenvalue weighted by molar-refractivity contribution is 5.98. The summed E-state index contributed by atoms with van der Waals surface area (Å²) in [6.07, 6.45) is 2.60. The number of anilines is 1. The second-order valence-corrected chi connectivity index (χ2v) is 4.68. The van der Waals surface area contributed by atoms with Crippen LogP contribution >= 0.6 is 0 Å². The van der Waals surface area contributed by atoms with Crippen LogP contribution in [0.3, 0.4) is 0 Å². The molecule has 0 saturated heterocycles. The topological polar surface area (TPSA) is 54.5 Å². The number of methoxy groups -OCH3 is 1. The zero-order valence-corrected chi connectivity index (χ0v) is 12.8. The van der Waals surface area contributed by atoms with Gasteiger partial charge < -0.3 is 15.0 Å². The molecule has 0 aliphatic carbocycles. The van der Waals surface area contributed by atoms with Crippen molar-refractivity contribution >= 4 is 11.7 Å². The standard InChI is InChI=1S/C15H25N3O2/c1-5-12(3)18(10-11-20-4)15(19)13-8-7-9-17-14(13)16-6-2/h7-9,12H,5-6,10-11H2,1-4H3,(H,16,17). The Kier molecular flexibility index (Phi) is 7.01. The minimum absolute atomic E-state index is 0.000417. The summed E-state index contributed by atoms with van der Waals surface area (Å²) in [7, 11) is 1.65. The average Bonchev–Trinajstić information content (AvgIpc) is 2.48. The van der Waals surface area contributed by atoms with Crippen LogP contribution in [0, 0.1) is 0 Å². The van der Waals surface area contributed by atoms with Crippen molar-refractivity contribution in [3.63, 3.8) is 0 Å². The van der Waals surface area contributed by atoms with Crippen LogP contribution in [0.5, 0.6) is 0 Å². The van der Waals surface area contributed by atoms with Crippen molar-refractivity contribution in [2.45, 2.75) is 33.2 Å². The molecule has 5 heteroatoms. The van der Waals surface area contributed by atoms with Gasteiger partial charge in [0.2, 0.25) is 0 Å². The zero-order chi connectivity index (χ0) is 15.0. The highest BCUT2D eigenvalue weighted by Gasteiger charge is 2.22. The van der Waals surface area contributed by atoms with Crippen molar-refractivity contribution in [1.29, 1.82) is 0 Å². The number of ether oxygens (including phenoxy) is 1. The molecule has 0 saturated carbocycles. The van der Waals surface area contributed by atoms with E-state index in [4.69, 9.17) is 4.74 Å². The quantitative estimate of drug-likeness (QED) is 0.794. The maximum atomic E-state index is 12.7. The van der Waals surface area contributed by atoms with Crippen LogP contribution in [0.15, 0.2) is 18.3 Å². The van der Waals surface area contributed by atoms with E-state index < -0.39 is 0 Å². The largest absolute Gasteiger partial charge is 0.383 e. The summed E-state index contributed by atoms with van der Waals surface area (Å²) >= 11 is 0. The number of carbonyl (C=O) groups excluding carboxylic acids is 1. The summed E-state index contributed by atoms with van der Waals surface area (Å²) < 4.78 is 5.11. The van der Waals surface area contributed by atoms with Gasteiger partial charge in [0.1, 0.15) is 5.82 Å². The van der Waals surface area contributed by atoms with Crippen molar-refractivity contribution in [2.24, 2.45) is 0 Å². The van der Waals surface area contributed by atoms with Crippen molar-refractivity contribution in [1.82, 2.24) is 9.88 Å². The molecule has 0 bridgehead atoms. The van der Waals surface area contributed by atoms with Gasteiger partial charge in [0.05, 0.1) is 12.2 Å². The Morgan fingerprint density at radius 3 is 2.85 bits per heavy atom. The van der Waals surface area contributed by atoms with E-state index in [2.05, 4.69) is 24.1 Å². The first-order valence-electron chi connectivity index (χ1n) is 7.14. The molecule has 0 fully saturated rings. The number of hydrogen-bond donors (Lipinski definition) is 1. The molecule has 1 heterocycles. The van der Waals surface area contributed by atoms with Gasteiger partial charge in [-0.3, -0.25) is 4.79 Å². The molecule has 5 nitrogen and oxygen atoms in total. The van der Waals surface area contributed by atoms with Gasteiger partial charge in [-0.05, 0) is 32.4 Å². The fraction of sp³-hybridized carbons (Fsp3) is 0.600. The molecule has 0 aliphatic heterocycles. The summed E-state index contributed by atoms with van der Waals surface area (Å²) in [6.45, 7) is 7.97. The Balaban J connectivity index is 2.98. The molecule has 112 valence electrons. The summed E-state index contributed by atoms with van der Waals surface area (Å²) in [5, 5.41) is 3.14. The molecule has 0 aromatic carbocycles. The third kappa shape index (κ3) is 4.20. The number of aromatic nitrogens is 1. The van der Waals surface area contributed by atoms with Crippen LogP contribution in [-0.2, 0) is 4.74 Å². The van der Waals surface area contributed by atoms with Crippen molar-refractivity contribution in [2.75, 3.05) is 32.1 Å². The normalized spacial score (nSPS) is 12.0. The van der Waals surface area contributed by atoms with E-state index in [1.165, 1.54) is 0 Å². The third-order valence-corrected chi connectivity index (χ3v) is 3.30. The van der Waals surface area contributed by atoms with Crippen molar-refractivity contribution in [3.8, 4) is 0 Å². The highest BCUT2D eigenvalue weighted by atomic mass is 16.5. The van der Waals surface area contributed by atoms with E-state index in [-0.39, 0.29) is 11.9 Å². The number of pyridine rings is 1. The fourth-order valence-electron chi connectivity index (χ4n) is 1.97. The SMILES string of the molecule is CCNc1ncccc1C(=O)N(CCOC)C(C)CC. The van der Waals surface area contributed by atoms with Gasteiger partial charge in [0.15, 0.2) is 0 Å². The number of rotatable bonds is 8. The maximum Gasteiger partial charge on any atom is 0.257 e. The molecule has 1 amide bonds. The van der Waals surface area contributed by atoms with E-state index in [1.54, 1.807) is 19.4 Å². The average molecular weight is 279 g/mol. The third-order valence-electron chi connectivity index (χ3n) is 3.30. The summed E-state index contributed by atoms with van der Waals surface area (Å²) in [6, 6.07) is 3.78. The van der Waals surface area contributed by atoms with Gasteiger partial charge >= 0.3 is 0 Å². The van der Waals surface area contributed by atoms with E-state index in [9.17, 15) is 4.79 Å². The maximum absolute atomic E-state index is 12.7. The van der Waals surface area contributed by atoms with Crippen LogP contribution < -0.4 is 5.32 Å². The predicted octanol–water partition coefficient (Wildman–Crippen LogP) is 2.40. The second kappa shape index (κ2) is 8.53. The van der Waals surface area contributed by atoms with E-state index in [0.29, 0.717) is 24.5 Å². The summed E-state index contributed by atoms with van der Waals surface area (Å²) in [5.41, 5.74) is 0.616. The van der Waals surface area contributed by atoms with Crippen LogP contribution in [0.25, 0.3) is 0 Å². The first-order valence-corrected chi connectivity index (χ1v) is 7.14. The summed E-state index contributed by atoms with van der Waals surface area (Å²) in [4.78, 5) is 18.8. The van der Waals surface area contributed by atoms with Crippen LogP contribution in [-0.4, -0.2) is 48.6 Å². The molecule has 1 unspecified atom stereocenters. The monoisotopic (exact) mass is 279 g/mol. The minimum Gasteiger partial charge on any atom is -0.383 e. The van der Waals surface area contributed by atoms with Crippen molar-refractivity contribution < 1.29 is 9.53 Å². The molecule has 0 spiro atoms. The molecule has 0 aliphatic rings. The van der Waals surface area contributed by atoms with Gasteiger partial charge in [-0.25, -0.2) is 4.98 Å². The van der Waals surface area contributed by atoms with Gasteiger partial charge in [-0.1, -0.05) is 6.92 Å². The second-order valence-electron chi connectivity index (χ2n) is 4.68. The first-order chi connectivity index (χ1) is 9.65. The van der Waals surface area contributed by atoms with Gasteiger partial charge in [0.25, 0.3) is 5.91 Å². The lowest BCUT2D eigenvalue weighted by Gasteiger charge is -2.29. The van der Waals surface area contributed by atoms with Gasteiger partial charge in [-0.15, -0.1) is 0 Å². The lowest BCUT2D eigenvalue weighted by Crippen LogP contribution is -2.40. The number of nitrogens with zero attached hydrogens (tertiary/aromatic N) is 2. The van der Waals surface area contributed by atoms with Gasteiger partial charge in [0, 0.05) is 32.4 Å². The van der Waals surface area contributed by atoms with Crippen LogP contribution in [0.2, 0.25) is 0 Å². The van der Waals surface area contributed by atoms with Crippen LogP contribution in [0.4, 0.5) is 5.82 Å². The van der Waals surface area contributed by atoms with Crippen molar-refractivity contribution in [3.05, 3.63) is 23.9 Å². The molecular weight excluding hydrogens is 254 g/mol. The Morgan fingerprint density at radius 2 is 2.25 bits per heavy atom. The lowest BCUT2D eigenvalue weighted by molar-refractivity contribution is 0.0614. The number of amides is 1. The molecule has 1 rings (SSSR count). The Bertz CT molecular complexity index is 423. The fourth-order valence-corrected chi connectivity index (χ4v) is 1.97. The Labute approximate surface area is 121 Å². The molecule has 1 atom stereocenters. The van der Waals surface area contributed by atoms with E-state index in [0.717, 1.165) is 13.0 Å². The Hall–Kier alpha value is -1.62. The number of carbonyl (C=O) groups is 1. The Morgan fingerprint density at radius 1 is 1.50 bits per heavy atom. The minimum atomic E-state index is 0.000417. The molecule has 20 heavy (non-hydrogen) atoms.